The van der Waals surface area contributed by atoms with Crippen molar-refractivity contribution in [1.29, 1.82) is 0 Å². The fraction of sp³-hybridized carbons (Fsp3) is 0.300. The Morgan fingerprint density at radius 2 is 1.84 bits per heavy atom. The number of nitrogens with zero attached hydrogens (tertiary/aromatic N) is 2. The molecular formula is C20H23N3O2. The van der Waals surface area contributed by atoms with E-state index in [1.165, 1.54) is 6.92 Å². The van der Waals surface area contributed by atoms with Crippen molar-refractivity contribution in [2.24, 2.45) is 5.92 Å². The minimum atomic E-state index is -0.116. The summed E-state index contributed by atoms with van der Waals surface area (Å²) in [6.45, 7) is 4.40. The maximum Gasteiger partial charge on any atom is 0.322 e. The van der Waals surface area contributed by atoms with Crippen molar-refractivity contribution in [3.8, 4) is 0 Å². The van der Waals surface area contributed by atoms with E-state index in [9.17, 15) is 9.59 Å². The summed E-state index contributed by atoms with van der Waals surface area (Å²) < 4.78 is 0. The van der Waals surface area contributed by atoms with Gasteiger partial charge in [-0.15, -0.1) is 0 Å². The molecule has 0 spiro atoms. The highest BCUT2D eigenvalue weighted by molar-refractivity contribution is 5.94. The zero-order valence-electron chi connectivity index (χ0n) is 14.8. The predicted octanol–water partition coefficient (Wildman–Crippen LogP) is 3.89. The smallest absolute Gasteiger partial charge is 0.317 e. The number of likely N-dealkylation sites (tertiary alicyclic amines) is 1. The van der Waals surface area contributed by atoms with E-state index in [1.54, 1.807) is 18.0 Å². The quantitative estimate of drug-likeness (QED) is 0.924. The summed E-state index contributed by atoms with van der Waals surface area (Å²) in [7, 11) is 1.71. The molecule has 1 N–H and O–H groups in total. The van der Waals surface area contributed by atoms with Gasteiger partial charge in [0.2, 0.25) is 5.91 Å². The van der Waals surface area contributed by atoms with Crippen molar-refractivity contribution in [3.05, 3.63) is 60.2 Å². The van der Waals surface area contributed by atoms with E-state index in [-0.39, 0.29) is 18.0 Å². The van der Waals surface area contributed by atoms with Gasteiger partial charge in [-0.1, -0.05) is 43.3 Å². The highest BCUT2D eigenvalue weighted by Gasteiger charge is 2.39. The molecular weight excluding hydrogens is 314 g/mol. The molecule has 0 bridgehead atoms. The number of anilines is 2. The number of hydrogen-bond donors (Lipinski definition) is 1. The van der Waals surface area contributed by atoms with E-state index >= 15 is 0 Å². The SMILES string of the molecule is CC(=O)N(C)c1cccc(NC(=O)N2C[C@H](C)[C@@H]2c2ccccc2)c1. The summed E-state index contributed by atoms with van der Waals surface area (Å²) in [5, 5.41) is 2.95. The molecule has 3 amide bonds. The number of rotatable bonds is 3. The molecule has 0 aromatic heterocycles. The first-order valence-electron chi connectivity index (χ1n) is 8.44. The zero-order valence-corrected chi connectivity index (χ0v) is 14.8. The third-order valence-corrected chi connectivity index (χ3v) is 4.72. The van der Waals surface area contributed by atoms with Crippen molar-refractivity contribution < 1.29 is 9.59 Å². The molecule has 0 saturated carbocycles. The van der Waals surface area contributed by atoms with Gasteiger partial charge in [-0.05, 0) is 29.7 Å². The second-order valence-corrected chi connectivity index (χ2v) is 6.54. The number of nitrogens with one attached hydrogen (secondary N) is 1. The van der Waals surface area contributed by atoms with Crippen LogP contribution in [0.25, 0.3) is 0 Å². The van der Waals surface area contributed by atoms with E-state index in [4.69, 9.17) is 0 Å². The van der Waals surface area contributed by atoms with E-state index in [1.807, 2.05) is 41.3 Å². The van der Waals surface area contributed by atoms with Gasteiger partial charge in [0.1, 0.15) is 0 Å². The van der Waals surface area contributed by atoms with E-state index < -0.39 is 0 Å². The number of amides is 3. The lowest BCUT2D eigenvalue weighted by Crippen LogP contribution is -2.53. The van der Waals surface area contributed by atoms with Gasteiger partial charge < -0.3 is 15.1 Å². The van der Waals surface area contributed by atoms with Crippen molar-refractivity contribution in [1.82, 2.24) is 4.90 Å². The lowest BCUT2D eigenvalue weighted by molar-refractivity contribution is -0.116. The second-order valence-electron chi connectivity index (χ2n) is 6.54. The van der Waals surface area contributed by atoms with Crippen LogP contribution >= 0.6 is 0 Å². The second kappa shape index (κ2) is 6.97. The molecule has 2 atom stereocenters. The Balaban J connectivity index is 1.72. The highest BCUT2D eigenvalue weighted by atomic mass is 16.2. The van der Waals surface area contributed by atoms with Crippen LogP contribution < -0.4 is 10.2 Å². The zero-order chi connectivity index (χ0) is 18.0. The molecule has 5 heteroatoms. The summed E-state index contributed by atoms with van der Waals surface area (Å²) in [4.78, 5) is 27.6. The first-order chi connectivity index (χ1) is 12.0. The van der Waals surface area contributed by atoms with Crippen molar-refractivity contribution in [2.75, 3.05) is 23.8 Å². The first-order valence-corrected chi connectivity index (χ1v) is 8.44. The lowest BCUT2D eigenvalue weighted by atomic mass is 9.85. The first kappa shape index (κ1) is 17.0. The fourth-order valence-electron chi connectivity index (χ4n) is 3.23. The lowest BCUT2D eigenvalue weighted by Gasteiger charge is -2.46. The van der Waals surface area contributed by atoms with E-state index in [0.717, 1.165) is 17.8 Å². The van der Waals surface area contributed by atoms with Crippen LogP contribution in [0.5, 0.6) is 0 Å². The van der Waals surface area contributed by atoms with Gasteiger partial charge in [-0.25, -0.2) is 4.79 Å². The third kappa shape index (κ3) is 3.50. The molecule has 5 nitrogen and oxygen atoms in total. The van der Waals surface area contributed by atoms with Gasteiger partial charge in [0.05, 0.1) is 6.04 Å². The van der Waals surface area contributed by atoms with Gasteiger partial charge >= 0.3 is 6.03 Å². The monoisotopic (exact) mass is 337 g/mol. The molecule has 2 aromatic carbocycles. The minimum absolute atomic E-state index is 0.0517. The van der Waals surface area contributed by atoms with Crippen LogP contribution in [0.1, 0.15) is 25.5 Å². The number of hydrogen-bond acceptors (Lipinski definition) is 2. The molecule has 1 fully saturated rings. The topological polar surface area (TPSA) is 52.7 Å². The number of carbonyl (C=O) groups excluding carboxylic acids is 2. The molecule has 1 aliphatic rings. The Kier molecular flexibility index (Phi) is 4.74. The Hall–Kier alpha value is -2.82. The molecule has 0 unspecified atom stereocenters. The molecule has 1 heterocycles. The Morgan fingerprint density at radius 3 is 2.48 bits per heavy atom. The van der Waals surface area contributed by atoms with Crippen LogP contribution in [0.3, 0.4) is 0 Å². The molecule has 130 valence electrons. The van der Waals surface area contributed by atoms with Gasteiger partial charge in [0.25, 0.3) is 0 Å². The normalized spacial score (nSPS) is 19.1. The van der Waals surface area contributed by atoms with Crippen LogP contribution in [-0.2, 0) is 4.79 Å². The van der Waals surface area contributed by atoms with Crippen LogP contribution in [0.15, 0.2) is 54.6 Å². The fourth-order valence-corrected chi connectivity index (χ4v) is 3.23. The predicted molar refractivity (Wildman–Crippen MR) is 99.6 cm³/mol. The molecule has 0 radical (unpaired) electrons. The van der Waals surface area contributed by atoms with Gasteiger partial charge in [0.15, 0.2) is 0 Å². The Labute approximate surface area is 148 Å². The summed E-state index contributed by atoms with van der Waals surface area (Å²) >= 11 is 0. The van der Waals surface area contributed by atoms with Gasteiger partial charge in [-0.3, -0.25) is 4.79 Å². The summed E-state index contributed by atoms with van der Waals surface area (Å²) in [5.41, 5.74) is 2.59. The molecule has 1 saturated heterocycles. The van der Waals surface area contributed by atoms with Crippen molar-refractivity contribution in [2.45, 2.75) is 19.9 Å². The largest absolute Gasteiger partial charge is 0.322 e. The maximum absolute atomic E-state index is 12.7. The summed E-state index contributed by atoms with van der Waals surface area (Å²) in [6, 6.07) is 17.4. The summed E-state index contributed by atoms with van der Waals surface area (Å²) in [6.07, 6.45) is 0. The van der Waals surface area contributed by atoms with E-state index in [0.29, 0.717) is 11.6 Å². The Morgan fingerprint density at radius 1 is 1.12 bits per heavy atom. The molecule has 3 rings (SSSR count). The van der Waals surface area contributed by atoms with E-state index in [2.05, 4.69) is 24.4 Å². The molecule has 25 heavy (non-hydrogen) atoms. The maximum atomic E-state index is 12.7. The number of benzene rings is 2. The van der Waals surface area contributed by atoms with Crippen LogP contribution in [0.2, 0.25) is 0 Å². The number of urea groups is 1. The standard InChI is InChI=1S/C20H23N3O2/c1-14-13-23(19(14)16-8-5-4-6-9-16)20(25)21-17-10-7-11-18(12-17)22(3)15(2)24/h4-12,14,19H,13H2,1-3H3,(H,21,25)/t14-,19+/m0/s1. The molecule has 1 aliphatic heterocycles. The average Bonchev–Trinajstić information content (AvgIpc) is 2.59. The third-order valence-electron chi connectivity index (χ3n) is 4.72. The van der Waals surface area contributed by atoms with Crippen molar-refractivity contribution >= 4 is 23.3 Å². The number of carbonyl (C=O) groups is 2. The highest BCUT2D eigenvalue weighted by Crippen LogP contribution is 2.38. The van der Waals surface area contributed by atoms with Crippen LogP contribution in [0, 0.1) is 5.92 Å². The molecule has 0 aliphatic carbocycles. The minimum Gasteiger partial charge on any atom is -0.317 e. The van der Waals surface area contributed by atoms with Crippen molar-refractivity contribution in [3.63, 3.8) is 0 Å². The van der Waals surface area contributed by atoms with Gasteiger partial charge in [0, 0.05) is 31.9 Å². The van der Waals surface area contributed by atoms with Gasteiger partial charge in [-0.2, -0.15) is 0 Å². The Bertz CT molecular complexity index is 776. The average molecular weight is 337 g/mol. The molecule has 2 aromatic rings. The van der Waals surface area contributed by atoms with Crippen LogP contribution in [-0.4, -0.2) is 30.4 Å². The van der Waals surface area contributed by atoms with Crippen LogP contribution in [0.4, 0.5) is 16.2 Å². The summed E-state index contributed by atoms with van der Waals surface area (Å²) in [5.74, 6) is 0.382.